The number of alkyl halides is 3. The molecule has 10 heteroatoms. The van der Waals surface area contributed by atoms with E-state index in [9.17, 15) is 26.7 Å². The van der Waals surface area contributed by atoms with E-state index in [1.54, 1.807) is 0 Å². The fraction of sp³-hybridized carbons (Fsp3) is 0.0556. The number of hydrogen-bond acceptors (Lipinski definition) is 4. The third kappa shape index (κ3) is 4.58. The molecule has 0 saturated heterocycles. The lowest BCUT2D eigenvalue weighted by atomic mass is 10.2. The minimum absolute atomic E-state index is 0.0249. The maximum Gasteiger partial charge on any atom is 0.416 e. The molecule has 0 aliphatic heterocycles. The van der Waals surface area contributed by atoms with Crippen molar-refractivity contribution in [2.75, 3.05) is 10.6 Å². The summed E-state index contributed by atoms with van der Waals surface area (Å²) in [6.07, 6.45) is -2.24. The van der Waals surface area contributed by atoms with Gasteiger partial charge in [-0.25, -0.2) is 18.7 Å². The first-order valence-corrected chi connectivity index (χ1v) is 7.75. The molecule has 0 aliphatic carbocycles. The summed E-state index contributed by atoms with van der Waals surface area (Å²) >= 11 is 0. The molecule has 28 heavy (non-hydrogen) atoms. The van der Waals surface area contributed by atoms with Gasteiger partial charge in [-0.15, -0.1) is 0 Å². The summed E-state index contributed by atoms with van der Waals surface area (Å²) in [6, 6.07) is 7.34. The minimum Gasteiger partial charge on any atom is -0.339 e. The number of nitrogens with one attached hydrogen (secondary N) is 2. The Morgan fingerprint density at radius 2 is 1.68 bits per heavy atom. The van der Waals surface area contributed by atoms with Crippen LogP contribution >= 0.6 is 0 Å². The number of amides is 1. The van der Waals surface area contributed by atoms with Crippen LogP contribution in [0.25, 0.3) is 0 Å². The van der Waals surface area contributed by atoms with Crippen LogP contribution in [-0.4, -0.2) is 15.9 Å². The molecule has 0 radical (unpaired) electrons. The zero-order valence-corrected chi connectivity index (χ0v) is 13.9. The van der Waals surface area contributed by atoms with Gasteiger partial charge in [-0.2, -0.15) is 13.2 Å². The van der Waals surface area contributed by atoms with Gasteiger partial charge in [0.2, 0.25) is 0 Å². The number of carbonyl (C=O) groups excluding carboxylic acids is 1. The van der Waals surface area contributed by atoms with Gasteiger partial charge in [0, 0.05) is 17.4 Å². The lowest BCUT2D eigenvalue weighted by molar-refractivity contribution is -0.137. The van der Waals surface area contributed by atoms with Gasteiger partial charge in [-0.05, 0) is 30.3 Å². The SMILES string of the molecule is O=C(Nc1ccc(F)c(F)c1)c1cnc(Nc2cccc(C(F)(F)F)c2)cn1. The molecule has 1 aromatic heterocycles. The van der Waals surface area contributed by atoms with Crippen molar-refractivity contribution in [2.24, 2.45) is 0 Å². The summed E-state index contributed by atoms with van der Waals surface area (Å²) in [6.45, 7) is 0. The molecule has 1 heterocycles. The second kappa shape index (κ2) is 7.59. The number of hydrogen-bond donors (Lipinski definition) is 2. The molecule has 3 aromatic rings. The van der Waals surface area contributed by atoms with Crippen molar-refractivity contribution in [3.05, 3.63) is 77.8 Å². The fourth-order valence-corrected chi connectivity index (χ4v) is 2.20. The van der Waals surface area contributed by atoms with E-state index < -0.39 is 29.3 Å². The van der Waals surface area contributed by atoms with Crippen LogP contribution in [0, 0.1) is 11.6 Å². The summed E-state index contributed by atoms with van der Waals surface area (Å²) in [5.74, 6) is -2.78. The normalized spacial score (nSPS) is 11.2. The molecule has 144 valence electrons. The first-order chi connectivity index (χ1) is 13.2. The number of aromatic nitrogens is 2. The molecule has 1 amide bonds. The third-order valence-electron chi connectivity index (χ3n) is 3.52. The molecular formula is C18H11F5N4O. The molecule has 0 aliphatic rings. The van der Waals surface area contributed by atoms with Crippen molar-refractivity contribution >= 4 is 23.1 Å². The van der Waals surface area contributed by atoms with Crippen LogP contribution in [0.2, 0.25) is 0 Å². The highest BCUT2D eigenvalue weighted by Gasteiger charge is 2.30. The van der Waals surface area contributed by atoms with E-state index in [1.807, 2.05) is 0 Å². The Kier molecular flexibility index (Phi) is 5.21. The average molecular weight is 394 g/mol. The van der Waals surface area contributed by atoms with Gasteiger partial charge >= 0.3 is 6.18 Å². The van der Waals surface area contributed by atoms with Crippen LogP contribution in [0.15, 0.2) is 54.9 Å². The summed E-state index contributed by atoms with van der Waals surface area (Å²) in [7, 11) is 0. The van der Waals surface area contributed by atoms with E-state index in [4.69, 9.17) is 0 Å². The number of benzene rings is 2. The van der Waals surface area contributed by atoms with Gasteiger partial charge in [0.15, 0.2) is 11.6 Å². The van der Waals surface area contributed by atoms with Gasteiger partial charge in [0.25, 0.3) is 5.91 Å². The number of rotatable bonds is 4. The second-order valence-corrected chi connectivity index (χ2v) is 5.57. The van der Waals surface area contributed by atoms with Gasteiger partial charge < -0.3 is 10.6 Å². The minimum atomic E-state index is -4.48. The average Bonchev–Trinajstić information content (AvgIpc) is 2.65. The third-order valence-corrected chi connectivity index (χ3v) is 3.52. The van der Waals surface area contributed by atoms with E-state index in [-0.39, 0.29) is 22.9 Å². The predicted molar refractivity (Wildman–Crippen MR) is 91.1 cm³/mol. The molecule has 5 nitrogen and oxygen atoms in total. The Balaban J connectivity index is 1.69. The zero-order chi connectivity index (χ0) is 20.3. The Morgan fingerprint density at radius 3 is 2.32 bits per heavy atom. The largest absolute Gasteiger partial charge is 0.416 e. The maximum atomic E-state index is 13.2. The van der Waals surface area contributed by atoms with Crippen LogP contribution in [0.1, 0.15) is 16.1 Å². The summed E-state index contributed by atoms with van der Waals surface area (Å²) < 4.78 is 64.2. The molecule has 0 spiro atoms. The van der Waals surface area contributed by atoms with Gasteiger partial charge in [-0.3, -0.25) is 4.79 Å². The highest BCUT2D eigenvalue weighted by molar-refractivity contribution is 6.02. The first kappa shape index (κ1) is 19.2. The number of anilines is 3. The zero-order valence-electron chi connectivity index (χ0n) is 13.9. The molecule has 0 atom stereocenters. The Morgan fingerprint density at radius 1 is 0.893 bits per heavy atom. The Labute approximate surface area is 155 Å². The smallest absolute Gasteiger partial charge is 0.339 e. The van der Waals surface area contributed by atoms with Crippen molar-refractivity contribution in [2.45, 2.75) is 6.18 Å². The molecule has 3 rings (SSSR count). The van der Waals surface area contributed by atoms with E-state index >= 15 is 0 Å². The summed E-state index contributed by atoms with van der Waals surface area (Å²) in [5, 5.41) is 4.98. The lowest BCUT2D eigenvalue weighted by Gasteiger charge is -2.10. The molecule has 0 saturated carbocycles. The van der Waals surface area contributed by atoms with Gasteiger partial charge in [-0.1, -0.05) is 6.07 Å². The monoisotopic (exact) mass is 394 g/mol. The van der Waals surface area contributed by atoms with Crippen molar-refractivity contribution < 1.29 is 26.7 Å². The van der Waals surface area contributed by atoms with Crippen LogP contribution in [0.3, 0.4) is 0 Å². The van der Waals surface area contributed by atoms with Crippen molar-refractivity contribution in [3.63, 3.8) is 0 Å². The van der Waals surface area contributed by atoms with Crippen LogP contribution in [0.4, 0.5) is 39.1 Å². The molecular weight excluding hydrogens is 383 g/mol. The predicted octanol–water partition coefficient (Wildman–Crippen LogP) is 4.77. The highest BCUT2D eigenvalue weighted by atomic mass is 19.4. The Bertz CT molecular complexity index is 1010. The van der Waals surface area contributed by atoms with Crippen molar-refractivity contribution in [1.29, 1.82) is 0 Å². The van der Waals surface area contributed by atoms with Gasteiger partial charge in [0.1, 0.15) is 11.5 Å². The van der Waals surface area contributed by atoms with Crippen LogP contribution in [0.5, 0.6) is 0 Å². The molecule has 2 aromatic carbocycles. The van der Waals surface area contributed by atoms with Crippen LogP contribution in [-0.2, 0) is 6.18 Å². The quantitative estimate of drug-likeness (QED) is 0.626. The lowest BCUT2D eigenvalue weighted by Crippen LogP contribution is -2.14. The van der Waals surface area contributed by atoms with Crippen molar-refractivity contribution in [3.8, 4) is 0 Å². The highest BCUT2D eigenvalue weighted by Crippen LogP contribution is 2.31. The number of nitrogens with zero attached hydrogens (tertiary/aromatic N) is 2. The van der Waals surface area contributed by atoms with E-state index in [0.29, 0.717) is 0 Å². The van der Waals surface area contributed by atoms with E-state index in [1.165, 1.54) is 18.2 Å². The molecule has 0 bridgehead atoms. The fourth-order valence-electron chi connectivity index (χ4n) is 2.20. The van der Waals surface area contributed by atoms with Gasteiger partial charge in [0.05, 0.1) is 18.0 Å². The van der Waals surface area contributed by atoms with E-state index in [2.05, 4.69) is 20.6 Å². The number of halogens is 5. The summed E-state index contributed by atoms with van der Waals surface area (Å²) in [5.41, 5.74) is -0.785. The Hall–Kier alpha value is -3.56. The van der Waals surface area contributed by atoms with Crippen LogP contribution < -0.4 is 10.6 Å². The maximum absolute atomic E-state index is 13.2. The van der Waals surface area contributed by atoms with Crippen molar-refractivity contribution in [1.82, 2.24) is 9.97 Å². The summed E-state index contributed by atoms with van der Waals surface area (Å²) in [4.78, 5) is 19.8. The number of carbonyl (C=O) groups is 1. The second-order valence-electron chi connectivity index (χ2n) is 5.57. The van der Waals surface area contributed by atoms with E-state index in [0.717, 1.165) is 36.7 Å². The standard InChI is InChI=1S/C18H11F5N4O/c19-13-5-4-12(7-14(13)20)27-17(28)15-8-25-16(9-24-15)26-11-3-1-2-10(6-11)18(21,22)23/h1-9H,(H,25,26)(H,27,28). The molecule has 2 N–H and O–H groups in total. The molecule has 0 fully saturated rings. The first-order valence-electron chi connectivity index (χ1n) is 7.75. The molecule has 0 unspecified atom stereocenters. The topological polar surface area (TPSA) is 66.9 Å².